The fourth-order valence-electron chi connectivity index (χ4n) is 1.54. The Kier molecular flexibility index (Phi) is 2.88. The molecule has 2 aromatic rings. The van der Waals surface area contributed by atoms with Gasteiger partial charge in [-0.15, -0.1) is 5.10 Å². The number of nitriles is 1. The summed E-state index contributed by atoms with van der Waals surface area (Å²) in [5.41, 5.74) is 1.49. The molecule has 0 aliphatic heterocycles. The Balaban J connectivity index is 2.42. The molecule has 0 N–H and O–H groups in total. The molecular weight excluding hydrogens is 224 g/mol. The molecule has 0 spiro atoms. The minimum Gasteiger partial charge on any atom is -0.353 e. The predicted molar refractivity (Wildman–Crippen MR) is 59.9 cm³/mol. The molecule has 0 saturated heterocycles. The molecule has 0 aliphatic rings. The molecule has 0 amide bonds. The van der Waals surface area contributed by atoms with Crippen molar-refractivity contribution in [1.29, 1.82) is 5.26 Å². The molecule has 0 fully saturated rings. The highest BCUT2D eigenvalue weighted by Crippen LogP contribution is 2.22. The lowest BCUT2D eigenvalue weighted by Crippen LogP contribution is -2.06. The molecule has 80 valence electrons. The maximum absolute atomic E-state index is 9.18. The van der Waals surface area contributed by atoms with Gasteiger partial charge in [0.2, 0.25) is 0 Å². The fourth-order valence-corrected chi connectivity index (χ4v) is 1.64. The maximum Gasteiger partial charge on any atom is 0.151 e. The third-order valence-corrected chi connectivity index (χ3v) is 2.56. The maximum atomic E-state index is 9.18. The van der Waals surface area contributed by atoms with Gasteiger partial charge < -0.3 is 4.57 Å². The van der Waals surface area contributed by atoms with Crippen molar-refractivity contribution in [2.45, 2.75) is 5.92 Å². The third kappa shape index (κ3) is 1.90. The highest BCUT2D eigenvalue weighted by molar-refractivity contribution is 6.29. The molecule has 0 saturated carbocycles. The van der Waals surface area contributed by atoms with E-state index >= 15 is 0 Å². The van der Waals surface area contributed by atoms with Crippen molar-refractivity contribution in [1.82, 2.24) is 14.8 Å². The first-order valence-corrected chi connectivity index (χ1v) is 5.10. The quantitative estimate of drug-likeness (QED) is 0.797. The van der Waals surface area contributed by atoms with Crippen LogP contribution in [0, 0.1) is 11.3 Å². The van der Waals surface area contributed by atoms with Crippen molar-refractivity contribution in [3.63, 3.8) is 0 Å². The predicted octanol–water partition coefficient (Wildman–Crippen LogP) is 2.12. The zero-order valence-electron chi connectivity index (χ0n) is 8.63. The van der Waals surface area contributed by atoms with Gasteiger partial charge in [0.1, 0.15) is 5.92 Å². The van der Waals surface area contributed by atoms with Crippen molar-refractivity contribution in [2.75, 3.05) is 0 Å². The standard InChI is InChI=1S/C11H9ClN4/c1-16-6-2-3-10(16)8(7-13)9-4-5-11(12)15-14-9/h2-6,8H,1H3/t8-/m1/s1. The summed E-state index contributed by atoms with van der Waals surface area (Å²) in [5, 5.41) is 17.2. The Morgan fingerprint density at radius 1 is 1.38 bits per heavy atom. The molecule has 16 heavy (non-hydrogen) atoms. The Morgan fingerprint density at radius 2 is 2.19 bits per heavy atom. The Labute approximate surface area is 98.1 Å². The average Bonchev–Trinajstić information content (AvgIpc) is 2.69. The number of hydrogen-bond acceptors (Lipinski definition) is 3. The second-order valence-electron chi connectivity index (χ2n) is 3.39. The van der Waals surface area contributed by atoms with Crippen LogP contribution >= 0.6 is 11.6 Å². The molecule has 2 heterocycles. The zero-order valence-corrected chi connectivity index (χ0v) is 9.39. The molecular formula is C11H9ClN4. The second kappa shape index (κ2) is 4.33. The number of hydrogen-bond donors (Lipinski definition) is 0. The van der Waals surface area contributed by atoms with Gasteiger partial charge in [0, 0.05) is 18.9 Å². The molecule has 2 rings (SSSR count). The van der Waals surface area contributed by atoms with Crippen LogP contribution < -0.4 is 0 Å². The topological polar surface area (TPSA) is 54.5 Å². The molecule has 2 aromatic heterocycles. The van der Waals surface area contributed by atoms with E-state index in [2.05, 4.69) is 16.3 Å². The van der Waals surface area contributed by atoms with Crippen LogP contribution in [0.2, 0.25) is 5.15 Å². The Bertz CT molecular complexity index is 524. The van der Waals surface area contributed by atoms with Gasteiger partial charge in [0.05, 0.1) is 11.8 Å². The summed E-state index contributed by atoms with van der Waals surface area (Å²) in [6, 6.07) is 9.35. The minimum atomic E-state index is -0.412. The molecule has 1 atom stereocenters. The van der Waals surface area contributed by atoms with E-state index in [-0.39, 0.29) is 0 Å². The lowest BCUT2D eigenvalue weighted by atomic mass is 10.0. The number of halogens is 1. The lowest BCUT2D eigenvalue weighted by molar-refractivity contribution is 0.783. The fraction of sp³-hybridized carbons (Fsp3) is 0.182. The molecule has 0 aliphatic carbocycles. The monoisotopic (exact) mass is 232 g/mol. The van der Waals surface area contributed by atoms with Crippen LogP contribution in [-0.4, -0.2) is 14.8 Å². The molecule has 4 nitrogen and oxygen atoms in total. The van der Waals surface area contributed by atoms with E-state index in [0.717, 1.165) is 5.69 Å². The molecule has 0 unspecified atom stereocenters. The number of aryl methyl sites for hydroxylation is 1. The van der Waals surface area contributed by atoms with Crippen LogP contribution in [0.4, 0.5) is 0 Å². The molecule has 5 heteroatoms. The van der Waals surface area contributed by atoms with Crippen LogP contribution in [0.5, 0.6) is 0 Å². The van der Waals surface area contributed by atoms with Crippen LogP contribution in [-0.2, 0) is 7.05 Å². The summed E-state index contributed by atoms with van der Waals surface area (Å²) >= 11 is 5.65. The van der Waals surface area contributed by atoms with E-state index < -0.39 is 5.92 Å². The van der Waals surface area contributed by atoms with E-state index in [9.17, 15) is 5.26 Å². The Morgan fingerprint density at radius 3 is 2.69 bits per heavy atom. The number of rotatable bonds is 2. The van der Waals surface area contributed by atoms with Gasteiger partial charge in [-0.1, -0.05) is 11.6 Å². The smallest absolute Gasteiger partial charge is 0.151 e. The van der Waals surface area contributed by atoms with Crippen molar-refractivity contribution < 1.29 is 0 Å². The van der Waals surface area contributed by atoms with Gasteiger partial charge in [0.25, 0.3) is 0 Å². The molecule has 0 bridgehead atoms. The first-order chi connectivity index (χ1) is 7.72. The van der Waals surface area contributed by atoms with Crippen molar-refractivity contribution in [3.05, 3.63) is 47.0 Å². The third-order valence-electron chi connectivity index (χ3n) is 2.36. The summed E-state index contributed by atoms with van der Waals surface area (Å²) in [6.45, 7) is 0. The normalized spacial score (nSPS) is 12.1. The van der Waals surface area contributed by atoms with Gasteiger partial charge in [-0.3, -0.25) is 0 Å². The summed E-state index contributed by atoms with van der Waals surface area (Å²) in [7, 11) is 1.89. The Hall–Kier alpha value is -1.86. The van der Waals surface area contributed by atoms with Gasteiger partial charge in [-0.25, -0.2) is 0 Å². The van der Waals surface area contributed by atoms with E-state index in [4.69, 9.17) is 11.6 Å². The summed E-state index contributed by atoms with van der Waals surface area (Å²) in [6.07, 6.45) is 1.89. The van der Waals surface area contributed by atoms with Gasteiger partial charge in [-0.2, -0.15) is 10.4 Å². The average molecular weight is 233 g/mol. The highest BCUT2D eigenvalue weighted by Gasteiger charge is 2.17. The number of nitrogens with zero attached hydrogens (tertiary/aromatic N) is 4. The highest BCUT2D eigenvalue weighted by atomic mass is 35.5. The van der Waals surface area contributed by atoms with Gasteiger partial charge in [0.15, 0.2) is 5.15 Å². The number of aromatic nitrogens is 3. The van der Waals surface area contributed by atoms with E-state index in [0.29, 0.717) is 10.8 Å². The van der Waals surface area contributed by atoms with Crippen LogP contribution in [0.15, 0.2) is 30.5 Å². The van der Waals surface area contributed by atoms with Crippen LogP contribution in [0.3, 0.4) is 0 Å². The lowest BCUT2D eigenvalue weighted by Gasteiger charge is -2.09. The van der Waals surface area contributed by atoms with Crippen molar-refractivity contribution >= 4 is 11.6 Å². The summed E-state index contributed by atoms with van der Waals surface area (Å²) in [4.78, 5) is 0. The first kappa shape index (κ1) is 10.7. The summed E-state index contributed by atoms with van der Waals surface area (Å²) < 4.78 is 1.89. The molecule has 0 radical (unpaired) electrons. The first-order valence-electron chi connectivity index (χ1n) is 4.72. The zero-order chi connectivity index (χ0) is 11.5. The van der Waals surface area contributed by atoms with Gasteiger partial charge in [-0.05, 0) is 24.3 Å². The van der Waals surface area contributed by atoms with Crippen LogP contribution in [0.25, 0.3) is 0 Å². The van der Waals surface area contributed by atoms with Crippen molar-refractivity contribution in [3.8, 4) is 6.07 Å². The van der Waals surface area contributed by atoms with E-state index in [1.165, 1.54) is 0 Å². The second-order valence-corrected chi connectivity index (χ2v) is 3.77. The SMILES string of the molecule is Cn1cccc1[C@H](C#N)c1ccc(Cl)nn1. The molecule has 0 aromatic carbocycles. The largest absolute Gasteiger partial charge is 0.353 e. The van der Waals surface area contributed by atoms with Crippen molar-refractivity contribution in [2.24, 2.45) is 7.05 Å². The van der Waals surface area contributed by atoms with E-state index in [1.807, 2.05) is 29.9 Å². The van der Waals surface area contributed by atoms with Crippen LogP contribution in [0.1, 0.15) is 17.3 Å². The van der Waals surface area contributed by atoms with Gasteiger partial charge >= 0.3 is 0 Å². The van der Waals surface area contributed by atoms with E-state index in [1.54, 1.807) is 12.1 Å². The minimum absolute atomic E-state index is 0.326. The summed E-state index contributed by atoms with van der Waals surface area (Å²) in [5.74, 6) is -0.412.